The Morgan fingerprint density at radius 2 is 1.95 bits per heavy atom. The predicted molar refractivity (Wildman–Crippen MR) is 81.7 cm³/mol. The third-order valence-corrected chi connectivity index (χ3v) is 5.08. The van der Waals surface area contributed by atoms with Gasteiger partial charge >= 0.3 is 5.97 Å². The molecular formula is C16H18BrNO3. The van der Waals surface area contributed by atoms with Crippen molar-refractivity contribution < 1.29 is 14.7 Å². The number of carbonyl (C=O) groups excluding carboxylic acids is 1. The van der Waals surface area contributed by atoms with Crippen LogP contribution in [0.2, 0.25) is 0 Å². The molecule has 0 spiro atoms. The largest absolute Gasteiger partial charge is 0.481 e. The molecule has 5 heteroatoms. The van der Waals surface area contributed by atoms with Crippen molar-refractivity contribution in [3.05, 3.63) is 34.3 Å². The second-order valence-electron chi connectivity index (χ2n) is 5.84. The van der Waals surface area contributed by atoms with E-state index in [-0.39, 0.29) is 18.0 Å². The Morgan fingerprint density at radius 1 is 1.24 bits per heavy atom. The molecule has 2 fully saturated rings. The van der Waals surface area contributed by atoms with Crippen LogP contribution in [0.3, 0.4) is 0 Å². The van der Waals surface area contributed by atoms with Gasteiger partial charge in [0, 0.05) is 16.9 Å². The molecule has 1 saturated heterocycles. The number of likely N-dealkylation sites (tertiary alicyclic amines) is 1. The van der Waals surface area contributed by atoms with E-state index in [4.69, 9.17) is 0 Å². The number of benzene rings is 1. The van der Waals surface area contributed by atoms with E-state index in [2.05, 4.69) is 15.9 Å². The average molecular weight is 352 g/mol. The normalized spacial score (nSPS) is 26.5. The smallest absolute Gasteiger partial charge is 0.308 e. The molecule has 3 rings (SSSR count). The molecule has 0 bridgehead atoms. The molecule has 4 nitrogen and oxygen atoms in total. The van der Waals surface area contributed by atoms with Crippen molar-refractivity contribution >= 4 is 27.8 Å². The van der Waals surface area contributed by atoms with Crippen molar-refractivity contribution in [1.82, 2.24) is 4.90 Å². The zero-order valence-corrected chi connectivity index (χ0v) is 13.3. The Bertz CT molecular complexity index is 570. The molecule has 112 valence electrons. The number of aliphatic carboxylic acids is 1. The van der Waals surface area contributed by atoms with Gasteiger partial charge in [0.25, 0.3) is 0 Å². The number of carbonyl (C=O) groups is 2. The number of rotatable bonds is 3. The van der Waals surface area contributed by atoms with Gasteiger partial charge in [0.15, 0.2) is 0 Å². The third kappa shape index (κ3) is 2.84. The van der Waals surface area contributed by atoms with Crippen LogP contribution in [0.25, 0.3) is 0 Å². The number of hydrogen-bond acceptors (Lipinski definition) is 2. The summed E-state index contributed by atoms with van der Waals surface area (Å²) in [7, 11) is 0. The van der Waals surface area contributed by atoms with Crippen molar-refractivity contribution in [2.75, 3.05) is 0 Å². The van der Waals surface area contributed by atoms with Gasteiger partial charge in [0.05, 0.1) is 12.0 Å². The summed E-state index contributed by atoms with van der Waals surface area (Å²) in [5, 5.41) is 9.64. The van der Waals surface area contributed by atoms with E-state index in [0.29, 0.717) is 19.3 Å². The predicted octanol–water partition coefficient (Wildman–Crippen LogP) is 3.37. The average Bonchev–Trinajstić information content (AvgIpc) is 3.26. The molecule has 0 radical (unpaired) electrons. The Labute approximate surface area is 132 Å². The van der Waals surface area contributed by atoms with Crippen molar-refractivity contribution in [1.29, 1.82) is 0 Å². The minimum absolute atomic E-state index is 0.0991. The van der Waals surface area contributed by atoms with Crippen molar-refractivity contribution in [3.8, 4) is 0 Å². The molecular weight excluding hydrogens is 334 g/mol. The second-order valence-corrected chi connectivity index (χ2v) is 6.69. The first kappa shape index (κ1) is 14.6. The van der Waals surface area contributed by atoms with Gasteiger partial charge in [-0.05, 0) is 37.3 Å². The summed E-state index contributed by atoms with van der Waals surface area (Å²) in [6.07, 6.45) is 3.63. The molecule has 2 atom stereocenters. The molecule has 0 aromatic heterocycles. The lowest BCUT2D eigenvalue weighted by Crippen LogP contribution is -2.40. The van der Waals surface area contributed by atoms with Crippen LogP contribution in [0.4, 0.5) is 0 Å². The zero-order chi connectivity index (χ0) is 15.0. The Hall–Kier alpha value is -1.36. The maximum atomic E-state index is 12.5. The molecule has 2 aliphatic rings. The molecule has 1 amide bonds. The summed E-state index contributed by atoms with van der Waals surface area (Å²) in [5.41, 5.74) is 0.909. The molecule has 21 heavy (non-hydrogen) atoms. The molecule has 1 saturated carbocycles. The number of halogens is 1. The van der Waals surface area contributed by atoms with Crippen LogP contribution in [0.5, 0.6) is 0 Å². The van der Waals surface area contributed by atoms with Crippen LogP contribution in [-0.2, 0) is 9.59 Å². The zero-order valence-electron chi connectivity index (χ0n) is 11.7. The highest BCUT2D eigenvalue weighted by atomic mass is 79.9. The van der Waals surface area contributed by atoms with Crippen molar-refractivity contribution in [3.63, 3.8) is 0 Å². The lowest BCUT2D eigenvalue weighted by atomic mass is 9.89. The maximum absolute atomic E-state index is 12.5. The Kier molecular flexibility index (Phi) is 4.02. The number of amides is 1. The van der Waals surface area contributed by atoms with Gasteiger partial charge in [-0.25, -0.2) is 0 Å². The summed E-state index contributed by atoms with van der Waals surface area (Å²) in [6.45, 7) is 0. The first-order valence-electron chi connectivity index (χ1n) is 7.38. The van der Waals surface area contributed by atoms with Crippen LogP contribution in [0, 0.1) is 5.92 Å². The first-order valence-corrected chi connectivity index (χ1v) is 8.17. The Balaban J connectivity index is 2.08. The number of nitrogens with zero attached hydrogens (tertiary/aromatic N) is 1. The van der Waals surface area contributed by atoms with Crippen LogP contribution in [0.15, 0.2) is 28.7 Å². The van der Waals surface area contributed by atoms with Crippen LogP contribution >= 0.6 is 15.9 Å². The van der Waals surface area contributed by atoms with E-state index in [0.717, 1.165) is 22.9 Å². The lowest BCUT2D eigenvalue weighted by molar-refractivity contribution is -0.146. The van der Waals surface area contributed by atoms with Crippen LogP contribution in [-0.4, -0.2) is 27.9 Å². The summed E-state index contributed by atoms with van der Waals surface area (Å²) in [4.78, 5) is 26.1. The highest BCUT2D eigenvalue weighted by Crippen LogP contribution is 2.44. The Morgan fingerprint density at radius 3 is 2.57 bits per heavy atom. The van der Waals surface area contributed by atoms with E-state index >= 15 is 0 Å². The van der Waals surface area contributed by atoms with Gasteiger partial charge in [-0.1, -0.05) is 34.1 Å². The molecule has 1 aliphatic carbocycles. The number of carboxylic acids is 1. The van der Waals surface area contributed by atoms with E-state index < -0.39 is 11.9 Å². The van der Waals surface area contributed by atoms with Crippen LogP contribution in [0.1, 0.15) is 43.7 Å². The van der Waals surface area contributed by atoms with Gasteiger partial charge in [0.2, 0.25) is 5.91 Å². The van der Waals surface area contributed by atoms with Gasteiger partial charge in [-0.2, -0.15) is 0 Å². The molecule has 1 heterocycles. The van der Waals surface area contributed by atoms with E-state index in [1.807, 2.05) is 29.2 Å². The van der Waals surface area contributed by atoms with Gasteiger partial charge in [-0.15, -0.1) is 0 Å². The monoisotopic (exact) mass is 351 g/mol. The third-order valence-electron chi connectivity index (χ3n) is 4.36. The molecule has 1 aliphatic heterocycles. The quantitative estimate of drug-likeness (QED) is 0.908. The fourth-order valence-electron chi connectivity index (χ4n) is 3.23. The summed E-state index contributed by atoms with van der Waals surface area (Å²) >= 11 is 3.52. The van der Waals surface area contributed by atoms with Crippen molar-refractivity contribution in [2.45, 2.75) is 44.2 Å². The highest BCUT2D eigenvalue weighted by Gasteiger charge is 2.45. The van der Waals surface area contributed by atoms with Gasteiger partial charge in [-0.3, -0.25) is 9.59 Å². The van der Waals surface area contributed by atoms with E-state index in [1.54, 1.807) is 0 Å². The minimum Gasteiger partial charge on any atom is -0.481 e. The summed E-state index contributed by atoms with van der Waals surface area (Å²) in [5.74, 6) is -1.24. The first-order chi connectivity index (χ1) is 10.1. The SMILES string of the molecule is O=C(O)C1CCCC(=O)N(C2CC2)C1c1ccccc1Br. The lowest BCUT2D eigenvalue weighted by Gasteiger charge is -2.34. The molecule has 1 aromatic rings. The fourth-order valence-corrected chi connectivity index (χ4v) is 3.75. The maximum Gasteiger partial charge on any atom is 0.308 e. The van der Waals surface area contributed by atoms with Gasteiger partial charge < -0.3 is 10.0 Å². The highest BCUT2D eigenvalue weighted by molar-refractivity contribution is 9.10. The molecule has 1 aromatic carbocycles. The van der Waals surface area contributed by atoms with Crippen molar-refractivity contribution in [2.24, 2.45) is 5.92 Å². The molecule has 2 unspecified atom stereocenters. The van der Waals surface area contributed by atoms with E-state index in [9.17, 15) is 14.7 Å². The van der Waals surface area contributed by atoms with E-state index in [1.165, 1.54) is 0 Å². The van der Waals surface area contributed by atoms with Gasteiger partial charge in [0.1, 0.15) is 0 Å². The second kappa shape index (κ2) is 5.79. The topological polar surface area (TPSA) is 57.6 Å². The summed E-state index contributed by atoms with van der Waals surface area (Å²) < 4.78 is 0.876. The fraction of sp³-hybridized carbons (Fsp3) is 0.500. The summed E-state index contributed by atoms with van der Waals surface area (Å²) in [6, 6.07) is 7.51. The van der Waals surface area contributed by atoms with Crippen LogP contribution < -0.4 is 0 Å². The minimum atomic E-state index is -0.809. The standard InChI is InChI=1S/C16H18BrNO3/c17-13-6-2-1-4-11(13)15-12(16(20)21)5-3-7-14(19)18(15)10-8-9-10/h1-2,4,6,10,12,15H,3,5,7-9H2,(H,20,21). The number of carboxylic acid groups (broad SMARTS) is 1. The number of hydrogen-bond donors (Lipinski definition) is 1. The molecule has 1 N–H and O–H groups in total.